The van der Waals surface area contributed by atoms with Gasteiger partial charge in [-0.3, -0.25) is 10.2 Å². The SMILES string of the molecule is N=C1NC(=O)C(=Cc2ccccc2F)S1. The molecule has 1 aliphatic heterocycles. The predicted molar refractivity (Wildman–Crippen MR) is 57.8 cm³/mol. The number of hydrogen-bond acceptors (Lipinski definition) is 3. The molecule has 0 atom stereocenters. The van der Waals surface area contributed by atoms with Crippen molar-refractivity contribution in [1.82, 2.24) is 5.32 Å². The molecule has 1 aromatic rings. The number of carbonyl (C=O) groups is 1. The van der Waals surface area contributed by atoms with E-state index >= 15 is 0 Å². The Morgan fingerprint density at radius 3 is 2.73 bits per heavy atom. The molecular weight excluding hydrogens is 215 g/mol. The third kappa shape index (κ3) is 2.07. The molecule has 1 heterocycles. The highest BCUT2D eigenvalue weighted by Gasteiger charge is 2.22. The number of thioether (sulfide) groups is 1. The highest BCUT2D eigenvalue weighted by molar-refractivity contribution is 8.18. The topological polar surface area (TPSA) is 53.0 Å². The maximum atomic E-state index is 13.2. The van der Waals surface area contributed by atoms with Crippen molar-refractivity contribution in [2.75, 3.05) is 0 Å². The number of benzene rings is 1. The molecule has 1 aromatic carbocycles. The standard InChI is InChI=1S/C10H7FN2OS/c11-7-4-2-1-3-6(7)5-8-9(14)13-10(12)15-8/h1-5H,(H2,12,13,14). The van der Waals surface area contributed by atoms with Gasteiger partial charge in [0.05, 0.1) is 4.91 Å². The molecule has 0 saturated carbocycles. The Balaban J connectivity index is 2.35. The minimum Gasteiger partial charge on any atom is -0.301 e. The summed E-state index contributed by atoms with van der Waals surface area (Å²) in [5, 5.41) is 9.62. The van der Waals surface area contributed by atoms with Gasteiger partial charge < -0.3 is 5.32 Å². The van der Waals surface area contributed by atoms with Crippen LogP contribution in [0.1, 0.15) is 5.56 Å². The van der Waals surface area contributed by atoms with Gasteiger partial charge in [-0.05, 0) is 23.9 Å². The Morgan fingerprint density at radius 2 is 2.13 bits per heavy atom. The Bertz CT molecular complexity index is 470. The zero-order valence-corrected chi connectivity index (χ0v) is 8.40. The first-order chi connectivity index (χ1) is 7.16. The number of amides is 1. The summed E-state index contributed by atoms with van der Waals surface area (Å²) in [4.78, 5) is 11.6. The molecule has 0 unspecified atom stereocenters. The lowest BCUT2D eigenvalue weighted by Crippen LogP contribution is -2.18. The van der Waals surface area contributed by atoms with Crippen molar-refractivity contribution in [3.8, 4) is 0 Å². The van der Waals surface area contributed by atoms with Crippen molar-refractivity contribution >= 4 is 28.9 Å². The van der Waals surface area contributed by atoms with Crippen molar-refractivity contribution < 1.29 is 9.18 Å². The van der Waals surface area contributed by atoms with E-state index in [0.29, 0.717) is 10.5 Å². The number of hydrogen-bond donors (Lipinski definition) is 2. The molecule has 2 N–H and O–H groups in total. The van der Waals surface area contributed by atoms with Crippen molar-refractivity contribution in [2.24, 2.45) is 0 Å². The average Bonchev–Trinajstić information content (AvgIpc) is 2.49. The Labute approximate surface area is 89.9 Å². The molecule has 5 heteroatoms. The summed E-state index contributed by atoms with van der Waals surface area (Å²) in [6, 6.07) is 6.19. The normalized spacial score (nSPS) is 18.3. The van der Waals surface area contributed by atoms with Crippen molar-refractivity contribution in [3.63, 3.8) is 0 Å². The first kappa shape index (κ1) is 9.92. The summed E-state index contributed by atoms with van der Waals surface area (Å²) < 4.78 is 13.2. The van der Waals surface area contributed by atoms with Crippen LogP contribution in [0, 0.1) is 11.2 Å². The van der Waals surface area contributed by atoms with E-state index in [-0.39, 0.29) is 16.9 Å². The number of rotatable bonds is 1. The van der Waals surface area contributed by atoms with E-state index in [1.165, 1.54) is 12.1 Å². The number of amidine groups is 1. The van der Waals surface area contributed by atoms with E-state index in [1.807, 2.05) is 0 Å². The van der Waals surface area contributed by atoms with Gasteiger partial charge in [0, 0.05) is 5.56 Å². The average molecular weight is 222 g/mol. The van der Waals surface area contributed by atoms with E-state index in [0.717, 1.165) is 11.8 Å². The summed E-state index contributed by atoms with van der Waals surface area (Å²) in [7, 11) is 0. The van der Waals surface area contributed by atoms with Gasteiger partial charge in [-0.2, -0.15) is 0 Å². The minimum atomic E-state index is -0.378. The summed E-state index contributed by atoms with van der Waals surface area (Å²) >= 11 is 0.994. The van der Waals surface area contributed by atoms with Gasteiger partial charge in [0.1, 0.15) is 5.82 Å². The van der Waals surface area contributed by atoms with Crippen LogP contribution in [-0.4, -0.2) is 11.1 Å². The zero-order chi connectivity index (χ0) is 10.8. The third-order valence-electron chi connectivity index (χ3n) is 1.85. The van der Waals surface area contributed by atoms with Crippen LogP contribution in [0.4, 0.5) is 4.39 Å². The van der Waals surface area contributed by atoms with Crippen LogP contribution in [0.25, 0.3) is 6.08 Å². The lowest BCUT2D eigenvalue weighted by Gasteiger charge is -1.96. The molecule has 1 fully saturated rings. The van der Waals surface area contributed by atoms with E-state index in [4.69, 9.17) is 5.41 Å². The summed E-state index contributed by atoms with van der Waals surface area (Å²) in [6.07, 6.45) is 1.44. The van der Waals surface area contributed by atoms with Gasteiger partial charge in [0.25, 0.3) is 5.91 Å². The fourth-order valence-corrected chi connectivity index (χ4v) is 1.87. The van der Waals surface area contributed by atoms with Gasteiger partial charge in [0.2, 0.25) is 0 Å². The fourth-order valence-electron chi connectivity index (χ4n) is 1.17. The first-order valence-corrected chi connectivity index (χ1v) is 5.02. The second kappa shape index (κ2) is 3.86. The third-order valence-corrected chi connectivity index (χ3v) is 2.68. The second-order valence-corrected chi connectivity index (χ2v) is 3.97. The van der Waals surface area contributed by atoms with Gasteiger partial charge in [-0.25, -0.2) is 4.39 Å². The summed E-state index contributed by atoms with van der Waals surface area (Å²) in [5.74, 6) is -0.731. The maximum Gasteiger partial charge on any atom is 0.264 e. The quantitative estimate of drug-likeness (QED) is 0.714. The van der Waals surface area contributed by atoms with Crippen molar-refractivity contribution in [2.45, 2.75) is 0 Å². The highest BCUT2D eigenvalue weighted by atomic mass is 32.2. The zero-order valence-electron chi connectivity index (χ0n) is 7.58. The van der Waals surface area contributed by atoms with Crippen LogP contribution >= 0.6 is 11.8 Å². The van der Waals surface area contributed by atoms with Crippen LogP contribution in [0.15, 0.2) is 29.2 Å². The second-order valence-electron chi connectivity index (χ2n) is 2.92. The maximum absolute atomic E-state index is 13.2. The molecule has 1 aliphatic rings. The van der Waals surface area contributed by atoms with Crippen LogP contribution in [0.5, 0.6) is 0 Å². The van der Waals surface area contributed by atoms with Crippen molar-refractivity contribution in [1.29, 1.82) is 5.41 Å². The number of carbonyl (C=O) groups excluding carboxylic acids is 1. The van der Waals surface area contributed by atoms with Gasteiger partial charge >= 0.3 is 0 Å². The van der Waals surface area contributed by atoms with E-state index < -0.39 is 0 Å². The molecule has 2 rings (SSSR count). The molecule has 15 heavy (non-hydrogen) atoms. The monoisotopic (exact) mass is 222 g/mol. The van der Waals surface area contributed by atoms with Crippen LogP contribution in [0.3, 0.4) is 0 Å². The minimum absolute atomic E-state index is 0.0718. The number of nitrogens with one attached hydrogen (secondary N) is 2. The molecule has 0 aromatic heterocycles. The summed E-state index contributed by atoms with van der Waals surface area (Å²) in [5.41, 5.74) is 0.352. The highest BCUT2D eigenvalue weighted by Crippen LogP contribution is 2.25. The molecule has 3 nitrogen and oxygen atoms in total. The van der Waals surface area contributed by atoms with Crippen LogP contribution in [0.2, 0.25) is 0 Å². The molecule has 0 bridgehead atoms. The molecule has 0 radical (unpaired) electrons. The largest absolute Gasteiger partial charge is 0.301 e. The fraction of sp³-hybridized carbons (Fsp3) is 0. The Morgan fingerprint density at radius 1 is 1.40 bits per heavy atom. The Hall–Kier alpha value is -1.62. The van der Waals surface area contributed by atoms with Crippen LogP contribution < -0.4 is 5.32 Å². The molecule has 76 valence electrons. The summed E-state index contributed by atoms with van der Waals surface area (Å²) in [6.45, 7) is 0. The molecule has 1 saturated heterocycles. The van der Waals surface area contributed by atoms with Gasteiger partial charge in [0.15, 0.2) is 5.17 Å². The predicted octanol–water partition coefficient (Wildman–Crippen LogP) is 1.96. The first-order valence-electron chi connectivity index (χ1n) is 4.21. The van der Waals surface area contributed by atoms with Crippen molar-refractivity contribution in [3.05, 3.63) is 40.6 Å². The van der Waals surface area contributed by atoms with E-state index in [2.05, 4.69) is 5.32 Å². The Kier molecular flexibility index (Phi) is 2.55. The smallest absolute Gasteiger partial charge is 0.264 e. The molecule has 1 amide bonds. The molecule has 0 aliphatic carbocycles. The van der Waals surface area contributed by atoms with Crippen LogP contribution in [-0.2, 0) is 4.79 Å². The van der Waals surface area contributed by atoms with Gasteiger partial charge in [-0.1, -0.05) is 18.2 Å². The van der Waals surface area contributed by atoms with E-state index in [9.17, 15) is 9.18 Å². The molecular formula is C10H7FN2OS. The molecule has 0 spiro atoms. The number of halogens is 1. The lowest BCUT2D eigenvalue weighted by atomic mass is 10.2. The van der Waals surface area contributed by atoms with E-state index in [1.54, 1.807) is 18.2 Å². The lowest BCUT2D eigenvalue weighted by molar-refractivity contribution is -0.115. The van der Waals surface area contributed by atoms with Gasteiger partial charge in [-0.15, -0.1) is 0 Å².